The van der Waals surface area contributed by atoms with Crippen LogP contribution in [0.4, 0.5) is 0 Å². The molecular weight excluding hydrogens is 359 g/mol. The molecule has 6 heteroatoms. The third kappa shape index (κ3) is 5.25. The van der Waals surface area contributed by atoms with Gasteiger partial charge in [0.15, 0.2) is 0 Å². The topological polar surface area (TPSA) is 32.8 Å². The molecule has 0 saturated carbocycles. The van der Waals surface area contributed by atoms with Crippen LogP contribution in [0, 0.1) is 0 Å². The van der Waals surface area contributed by atoms with Crippen LogP contribution in [-0.2, 0) is 4.79 Å². The Morgan fingerprint density at radius 1 is 1.12 bits per heavy atom. The standard InChI is InChI=1S/C19H26Cl2N2O2/c20-15-5-6-18(17(21)14-15)25-13-3-4-19(24)23-11-7-16(8-12-23)22-9-1-2-10-22/h5-6,14,16H,1-4,7-13H2. The predicted octanol–water partition coefficient (Wildman–Crippen LogP) is 4.24. The Hall–Kier alpha value is -0.970. The first kappa shape index (κ1) is 18.8. The fourth-order valence-corrected chi connectivity index (χ4v) is 4.21. The summed E-state index contributed by atoms with van der Waals surface area (Å²) in [6.07, 6.45) is 6.11. The van der Waals surface area contributed by atoms with E-state index in [4.69, 9.17) is 27.9 Å². The molecule has 3 rings (SSSR count). The number of rotatable bonds is 6. The normalized spacial score (nSPS) is 19.4. The number of benzene rings is 1. The van der Waals surface area contributed by atoms with Gasteiger partial charge in [-0.1, -0.05) is 23.2 Å². The Kier molecular flexibility index (Phi) is 6.85. The maximum absolute atomic E-state index is 12.4. The summed E-state index contributed by atoms with van der Waals surface area (Å²) in [5, 5.41) is 1.09. The largest absolute Gasteiger partial charge is 0.492 e. The minimum absolute atomic E-state index is 0.241. The van der Waals surface area contributed by atoms with Crippen LogP contribution in [0.2, 0.25) is 10.0 Å². The molecule has 25 heavy (non-hydrogen) atoms. The van der Waals surface area contributed by atoms with E-state index in [-0.39, 0.29) is 5.91 Å². The number of nitrogens with zero attached hydrogens (tertiary/aromatic N) is 2. The number of amides is 1. The Morgan fingerprint density at radius 2 is 1.84 bits per heavy atom. The molecule has 0 N–H and O–H groups in total. The molecule has 0 radical (unpaired) electrons. The van der Waals surface area contributed by atoms with Gasteiger partial charge in [-0.05, 0) is 63.4 Å². The molecule has 1 amide bonds. The fourth-order valence-electron chi connectivity index (χ4n) is 3.74. The number of halogens is 2. The van der Waals surface area contributed by atoms with Gasteiger partial charge in [-0.3, -0.25) is 4.79 Å². The number of piperidine rings is 1. The van der Waals surface area contributed by atoms with Gasteiger partial charge in [0.05, 0.1) is 11.6 Å². The summed E-state index contributed by atoms with van der Waals surface area (Å²) < 4.78 is 5.65. The van der Waals surface area contributed by atoms with Gasteiger partial charge in [0.2, 0.25) is 5.91 Å². The highest BCUT2D eigenvalue weighted by atomic mass is 35.5. The number of hydrogen-bond acceptors (Lipinski definition) is 3. The molecule has 0 bridgehead atoms. The van der Waals surface area contributed by atoms with Gasteiger partial charge in [-0.15, -0.1) is 0 Å². The van der Waals surface area contributed by atoms with E-state index < -0.39 is 0 Å². The van der Waals surface area contributed by atoms with Crippen molar-refractivity contribution < 1.29 is 9.53 Å². The van der Waals surface area contributed by atoms with E-state index in [1.54, 1.807) is 18.2 Å². The van der Waals surface area contributed by atoms with Gasteiger partial charge in [0.25, 0.3) is 0 Å². The van der Waals surface area contributed by atoms with Crippen molar-refractivity contribution in [2.24, 2.45) is 0 Å². The molecule has 0 aromatic heterocycles. The summed E-state index contributed by atoms with van der Waals surface area (Å²) in [6, 6.07) is 5.85. The van der Waals surface area contributed by atoms with Crippen molar-refractivity contribution in [1.29, 1.82) is 0 Å². The molecule has 2 aliphatic rings. The Labute approximate surface area is 160 Å². The summed E-state index contributed by atoms with van der Waals surface area (Å²) in [5.41, 5.74) is 0. The molecule has 0 unspecified atom stereocenters. The van der Waals surface area contributed by atoms with Gasteiger partial charge in [0.1, 0.15) is 5.75 Å². The summed E-state index contributed by atoms with van der Waals surface area (Å²) in [5.74, 6) is 0.857. The first-order chi connectivity index (χ1) is 12.1. The van der Waals surface area contributed by atoms with Gasteiger partial charge in [-0.25, -0.2) is 0 Å². The zero-order valence-corrected chi connectivity index (χ0v) is 16.1. The monoisotopic (exact) mass is 384 g/mol. The van der Waals surface area contributed by atoms with Crippen molar-refractivity contribution in [3.05, 3.63) is 28.2 Å². The van der Waals surface area contributed by atoms with Crippen molar-refractivity contribution >= 4 is 29.1 Å². The maximum atomic E-state index is 12.4. The highest BCUT2D eigenvalue weighted by Crippen LogP contribution is 2.27. The van der Waals surface area contributed by atoms with E-state index in [0.29, 0.717) is 41.3 Å². The van der Waals surface area contributed by atoms with Gasteiger partial charge in [0, 0.05) is 30.6 Å². The Balaban J connectivity index is 1.34. The van der Waals surface area contributed by atoms with Gasteiger partial charge >= 0.3 is 0 Å². The molecule has 2 heterocycles. The quantitative estimate of drug-likeness (QED) is 0.687. The van der Waals surface area contributed by atoms with Crippen LogP contribution in [0.1, 0.15) is 38.5 Å². The minimum Gasteiger partial charge on any atom is -0.492 e. The highest BCUT2D eigenvalue weighted by Gasteiger charge is 2.27. The molecule has 4 nitrogen and oxygen atoms in total. The van der Waals surface area contributed by atoms with Crippen LogP contribution in [0.3, 0.4) is 0 Å². The zero-order valence-electron chi connectivity index (χ0n) is 14.6. The number of likely N-dealkylation sites (tertiary alicyclic amines) is 2. The molecule has 0 spiro atoms. The molecule has 0 atom stereocenters. The van der Waals surface area contributed by atoms with E-state index in [1.165, 1.54) is 25.9 Å². The molecule has 2 saturated heterocycles. The predicted molar refractivity (Wildman–Crippen MR) is 102 cm³/mol. The van der Waals surface area contributed by atoms with Crippen LogP contribution in [-0.4, -0.2) is 54.5 Å². The van der Waals surface area contributed by atoms with E-state index in [9.17, 15) is 4.79 Å². The van der Waals surface area contributed by atoms with Crippen LogP contribution < -0.4 is 4.74 Å². The molecule has 0 aliphatic carbocycles. The SMILES string of the molecule is O=C(CCCOc1ccc(Cl)cc1Cl)N1CCC(N2CCCC2)CC1. The van der Waals surface area contributed by atoms with Crippen LogP contribution in [0.15, 0.2) is 18.2 Å². The lowest BCUT2D eigenvalue weighted by atomic mass is 10.0. The average Bonchev–Trinajstić information content (AvgIpc) is 3.15. The first-order valence-electron chi connectivity index (χ1n) is 9.23. The third-order valence-electron chi connectivity index (χ3n) is 5.16. The molecule has 1 aromatic carbocycles. The number of carbonyl (C=O) groups is 1. The second-order valence-electron chi connectivity index (χ2n) is 6.88. The van der Waals surface area contributed by atoms with Crippen molar-refractivity contribution in [3.63, 3.8) is 0 Å². The highest BCUT2D eigenvalue weighted by molar-refractivity contribution is 6.35. The molecule has 2 fully saturated rings. The number of carbonyl (C=O) groups excluding carboxylic acids is 1. The molecule has 138 valence electrons. The van der Waals surface area contributed by atoms with E-state index in [2.05, 4.69) is 4.90 Å². The molecular formula is C19H26Cl2N2O2. The lowest BCUT2D eigenvalue weighted by Crippen LogP contribution is -2.45. The van der Waals surface area contributed by atoms with E-state index >= 15 is 0 Å². The van der Waals surface area contributed by atoms with Crippen LogP contribution in [0.5, 0.6) is 5.75 Å². The van der Waals surface area contributed by atoms with Crippen molar-refractivity contribution in [2.75, 3.05) is 32.8 Å². The second kappa shape index (κ2) is 9.11. The Morgan fingerprint density at radius 3 is 2.52 bits per heavy atom. The van der Waals surface area contributed by atoms with E-state index in [0.717, 1.165) is 25.9 Å². The van der Waals surface area contributed by atoms with Crippen LogP contribution >= 0.6 is 23.2 Å². The van der Waals surface area contributed by atoms with Crippen molar-refractivity contribution in [2.45, 2.75) is 44.6 Å². The minimum atomic E-state index is 0.241. The summed E-state index contributed by atoms with van der Waals surface area (Å²) in [7, 11) is 0. The van der Waals surface area contributed by atoms with Gasteiger partial charge < -0.3 is 14.5 Å². The van der Waals surface area contributed by atoms with Crippen LogP contribution in [0.25, 0.3) is 0 Å². The summed E-state index contributed by atoms with van der Waals surface area (Å²) in [4.78, 5) is 17.0. The third-order valence-corrected chi connectivity index (χ3v) is 5.69. The zero-order chi connectivity index (χ0) is 17.6. The lowest BCUT2D eigenvalue weighted by molar-refractivity contribution is -0.133. The Bertz CT molecular complexity index is 583. The summed E-state index contributed by atoms with van der Waals surface area (Å²) in [6.45, 7) is 4.75. The van der Waals surface area contributed by atoms with Gasteiger partial charge in [-0.2, -0.15) is 0 Å². The first-order valence-corrected chi connectivity index (χ1v) is 9.99. The molecule has 1 aromatic rings. The number of ether oxygens (including phenoxy) is 1. The fraction of sp³-hybridized carbons (Fsp3) is 0.632. The number of hydrogen-bond donors (Lipinski definition) is 0. The smallest absolute Gasteiger partial charge is 0.222 e. The maximum Gasteiger partial charge on any atom is 0.222 e. The van der Waals surface area contributed by atoms with E-state index in [1.807, 2.05) is 4.90 Å². The summed E-state index contributed by atoms with van der Waals surface area (Å²) >= 11 is 11.9. The molecule has 2 aliphatic heterocycles. The average molecular weight is 385 g/mol. The lowest BCUT2D eigenvalue weighted by Gasteiger charge is -2.36. The van der Waals surface area contributed by atoms with Crippen molar-refractivity contribution in [3.8, 4) is 5.75 Å². The second-order valence-corrected chi connectivity index (χ2v) is 7.73. The van der Waals surface area contributed by atoms with Crippen molar-refractivity contribution in [1.82, 2.24) is 9.80 Å².